The van der Waals surface area contributed by atoms with Gasteiger partial charge in [0, 0.05) is 19.2 Å². The van der Waals surface area contributed by atoms with Gasteiger partial charge in [-0.2, -0.15) is 0 Å². The van der Waals surface area contributed by atoms with E-state index < -0.39 is 6.10 Å². The van der Waals surface area contributed by atoms with Gasteiger partial charge in [0.05, 0.1) is 12.2 Å². The monoisotopic (exact) mass is 337 g/mol. The molecular weight excluding hydrogens is 305 g/mol. The highest BCUT2D eigenvalue weighted by molar-refractivity contribution is 5.19. The molecule has 0 heterocycles. The highest BCUT2D eigenvalue weighted by atomic mass is 19.1. The van der Waals surface area contributed by atoms with Crippen LogP contribution in [0.15, 0.2) is 24.3 Å². The predicted molar refractivity (Wildman–Crippen MR) is 95.4 cm³/mol. The van der Waals surface area contributed by atoms with Gasteiger partial charge in [0.1, 0.15) is 5.82 Å². The summed E-state index contributed by atoms with van der Waals surface area (Å²) >= 11 is 0. The van der Waals surface area contributed by atoms with Crippen LogP contribution in [0.4, 0.5) is 4.39 Å². The molecule has 1 aliphatic carbocycles. The van der Waals surface area contributed by atoms with Crippen molar-refractivity contribution in [3.05, 3.63) is 35.6 Å². The molecule has 4 heteroatoms. The normalized spacial score (nSPS) is 23.2. The molecule has 0 radical (unpaired) electrons. The number of hydrogen-bond donors (Lipinski definition) is 2. The van der Waals surface area contributed by atoms with Gasteiger partial charge in [-0.3, -0.25) is 0 Å². The van der Waals surface area contributed by atoms with Crippen LogP contribution in [-0.2, 0) is 4.74 Å². The topological polar surface area (TPSA) is 41.5 Å². The molecule has 1 aromatic carbocycles. The fourth-order valence-electron chi connectivity index (χ4n) is 3.51. The van der Waals surface area contributed by atoms with Crippen LogP contribution in [0.3, 0.4) is 0 Å². The van der Waals surface area contributed by atoms with Crippen molar-refractivity contribution in [3.63, 3.8) is 0 Å². The summed E-state index contributed by atoms with van der Waals surface area (Å²) in [5.74, 6) is 0.475. The van der Waals surface area contributed by atoms with Crippen LogP contribution in [-0.4, -0.2) is 30.4 Å². The standard InChI is InChI=1S/C20H32FNO2/c1-20(2,12-11-15-7-9-18(24-3)10-8-15)22-14-19(23)16-5-4-6-17(21)13-16/h4-6,13,15,18-19,22-23H,7-12,14H2,1-3H3/t15?,18?,19-/m0/s1. The number of rotatable bonds is 8. The lowest BCUT2D eigenvalue weighted by Crippen LogP contribution is -2.42. The van der Waals surface area contributed by atoms with E-state index in [1.165, 1.54) is 44.2 Å². The first-order chi connectivity index (χ1) is 11.4. The molecule has 0 aromatic heterocycles. The fourth-order valence-corrected chi connectivity index (χ4v) is 3.51. The second kappa shape index (κ2) is 8.93. The SMILES string of the molecule is COC1CCC(CCC(C)(C)NC[C@H](O)c2cccc(F)c2)CC1. The molecule has 1 atom stereocenters. The smallest absolute Gasteiger partial charge is 0.123 e. The van der Waals surface area contributed by atoms with E-state index in [4.69, 9.17) is 4.74 Å². The van der Waals surface area contributed by atoms with Crippen LogP contribution < -0.4 is 5.32 Å². The Bertz CT molecular complexity index is 498. The zero-order chi connectivity index (χ0) is 17.6. The number of methoxy groups -OCH3 is 1. The van der Waals surface area contributed by atoms with Gasteiger partial charge in [-0.1, -0.05) is 12.1 Å². The Kier molecular flexibility index (Phi) is 7.20. The Morgan fingerprint density at radius 3 is 2.62 bits per heavy atom. The van der Waals surface area contributed by atoms with Crippen molar-refractivity contribution >= 4 is 0 Å². The van der Waals surface area contributed by atoms with Crippen molar-refractivity contribution in [2.45, 2.75) is 70.1 Å². The molecule has 0 unspecified atom stereocenters. The van der Waals surface area contributed by atoms with E-state index in [2.05, 4.69) is 19.2 Å². The highest BCUT2D eigenvalue weighted by Gasteiger charge is 2.24. The molecule has 1 fully saturated rings. The average molecular weight is 337 g/mol. The van der Waals surface area contributed by atoms with E-state index in [-0.39, 0.29) is 11.4 Å². The summed E-state index contributed by atoms with van der Waals surface area (Å²) in [6.07, 6.45) is 6.89. The van der Waals surface area contributed by atoms with Gasteiger partial charge in [-0.15, -0.1) is 0 Å². The number of aliphatic hydroxyl groups is 1. The lowest BCUT2D eigenvalue weighted by molar-refractivity contribution is 0.0539. The second-order valence-electron chi connectivity index (χ2n) is 7.75. The van der Waals surface area contributed by atoms with E-state index in [1.807, 2.05) is 7.11 Å². The summed E-state index contributed by atoms with van der Waals surface area (Å²) < 4.78 is 18.7. The first-order valence-electron chi connectivity index (χ1n) is 9.11. The summed E-state index contributed by atoms with van der Waals surface area (Å²) in [4.78, 5) is 0. The van der Waals surface area contributed by atoms with Crippen LogP contribution in [0, 0.1) is 11.7 Å². The maximum absolute atomic E-state index is 13.2. The minimum Gasteiger partial charge on any atom is -0.387 e. The molecule has 1 aromatic rings. The largest absolute Gasteiger partial charge is 0.387 e. The number of nitrogens with one attached hydrogen (secondary N) is 1. The van der Waals surface area contributed by atoms with E-state index in [0.29, 0.717) is 18.2 Å². The van der Waals surface area contributed by atoms with E-state index >= 15 is 0 Å². The summed E-state index contributed by atoms with van der Waals surface area (Å²) in [5.41, 5.74) is 0.586. The van der Waals surface area contributed by atoms with E-state index in [0.717, 1.165) is 12.3 Å². The lowest BCUT2D eigenvalue weighted by Gasteiger charge is -2.32. The number of hydrogen-bond acceptors (Lipinski definition) is 3. The van der Waals surface area contributed by atoms with Gasteiger partial charge in [0.2, 0.25) is 0 Å². The van der Waals surface area contributed by atoms with Crippen molar-refractivity contribution < 1.29 is 14.2 Å². The van der Waals surface area contributed by atoms with Crippen LogP contribution in [0.5, 0.6) is 0 Å². The van der Waals surface area contributed by atoms with Gasteiger partial charge in [0.15, 0.2) is 0 Å². The number of halogens is 1. The Labute approximate surface area is 145 Å². The number of ether oxygens (including phenoxy) is 1. The van der Waals surface area contributed by atoms with E-state index in [9.17, 15) is 9.50 Å². The maximum atomic E-state index is 13.2. The third-order valence-electron chi connectivity index (χ3n) is 5.31. The summed E-state index contributed by atoms with van der Waals surface area (Å²) in [6, 6.07) is 6.19. The molecule has 0 bridgehead atoms. The van der Waals surface area contributed by atoms with Gasteiger partial charge in [0.25, 0.3) is 0 Å². The Morgan fingerprint density at radius 2 is 2.00 bits per heavy atom. The van der Waals surface area contributed by atoms with Crippen molar-refractivity contribution in [1.29, 1.82) is 0 Å². The number of benzene rings is 1. The molecular formula is C20H32FNO2. The molecule has 0 saturated heterocycles. The van der Waals surface area contributed by atoms with Crippen molar-refractivity contribution in [3.8, 4) is 0 Å². The number of aliphatic hydroxyl groups excluding tert-OH is 1. The molecule has 1 saturated carbocycles. The Hall–Kier alpha value is -0.970. The molecule has 1 aliphatic rings. The zero-order valence-corrected chi connectivity index (χ0v) is 15.2. The molecule has 3 nitrogen and oxygen atoms in total. The van der Waals surface area contributed by atoms with Gasteiger partial charge in [-0.05, 0) is 76.0 Å². The third kappa shape index (κ3) is 6.15. The summed E-state index contributed by atoms with van der Waals surface area (Å²) in [7, 11) is 1.81. The van der Waals surface area contributed by atoms with Crippen LogP contribution >= 0.6 is 0 Å². The van der Waals surface area contributed by atoms with Crippen molar-refractivity contribution in [1.82, 2.24) is 5.32 Å². The molecule has 2 rings (SSSR count). The third-order valence-corrected chi connectivity index (χ3v) is 5.31. The first-order valence-corrected chi connectivity index (χ1v) is 9.11. The Morgan fingerprint density at radius 1 is 1.29 bits per heavy atom. The van der Waals surface area contributed by atoms with Gasteiger partial charge in [-0.25, -0.2) is 4.39 Å². The number of β-amino-alcohol motifs (C(OH)–C–C–N with tert-alkyl or cyclic N) is 1. The molecule has 2 N–H and O–H groups in total. The summed E-state index contributed by atoms with van der Waals surface area (Å²) in [5, 5.41) is 13.7. The molecule has 0 spiro atoms. The molecule has 136 valence electrons. The molecule has 0 aliphatic heterocycles. The van der Waals surface area contributed by atoms with Crippen molar-refractivity contribution in [2.75, 3.05) is 13.7 Å². The molecule has 0 amide bonds. The quantitative estimate of drug-likeness (QED) is 0.746. The minimum absolute atomic E-state index is 0.0353. The summed E-state index contributed by atoms with van der Waals surface area (Å²) in [6.45, 7) is 4.78. The predicted octanol–water partition coefficient (Wildman–Crippen LogP) is 4.21. The minimum atomic E-state index is -0.683. The first kappa shape index (κ1) is 19.4. The Balaban J connectivity index is 1.73. The maximum Gasteiger partial charge on any atom is 0.123 e. The van der Waals surface area contributed by atoms with Crippen LogP contribution in [0.25, 0.3) is 0 Å². The van der Waals surface area contributed by atoms with Crippen molar-refractivity contribution in [2.24, 2.45) is 5.92 Å². The van der Waals surface area contributed by atoms with Crippen LogP contribution in [0.1, 0.15) is 64.0 Å². The van der Waals surface area contributed by atoms with Gasteiger partial charge >= 0.3 is 0 Å². The highest BCUT2D eigenvalue weighted by Crippen LogP contribution is 2.31. The van der Waals surface area contributed by atoms with Crippen LogP contribution in [0.2, 0.25) is 0 Å². The zero-order valence-electron chi connectivity index (χ0n) is 15.2. The average Bonchev–Trinajstić information content (AvgIpc) is 2.58. The van der Waals surface area contributed by atoms with Gasteiger partial charge < -0.3 is 15.2 Å². The van der Waals surface area contributed by atoms with E-state index in [1.54, 1.807) is 12.1 Å². The lowest BCUT2D eigenvalue weighted by atomic mass is 9.82. The molecule has 24 heavy (non-hydrogen) atoms. The second-order valence-corrected chi connectivity index (χ2v) is 7.75. The fraction of sp³-hybridized carbons (Fsp3) is 0.700.